The molecule has 5 heteroatoms. The standard InChI is InChI=1S/C13H12N2O3/c1-9(12(17)10-5-3-2-4-6-10)15-8-7-11(16)14-13(15)18/h2-9H,1H3,(H,14,16,18). The maximum absolute atomic E-state index is 12.1. The first-order valence-corrected chi connectivity index (χ1v) is 5.50. The highest BCUT2D eigenvalue weighted by Gasteiger charge is 2.17. The second-order valence-corrected chi connectivity index (χ2v) is 3.92. The summed E-state index contributed by atoms with van der Waals surface area (Å²) in [5.41, 5.74) is -0.530. The van der Waals surface area contributed by atoms with Crippen LogP contribution in [0, 0.1) is 0 Å². The Morgan fingerprint density at radius 2 is 1.83 bits per heavy atom. The molecule has 0 aliphatic carbocycles. The van der Waals surface area contributed by atoms with Crippen LogP contribution in [0.5, 0.6) is 0 Å². The summed E-state index contributed by atoms with van der Waals surface area (Å²) in [5.74, 6) is -0.176. The van der Waals surface area contributed by atoms with Crippen LogP contribution < -0.4 is 11.2 Å². The number of nitrogens with one attached hydrogen (secondary N) is 1. The Morgan fingerprint density at radius 1 is 1.17 bits per heavy atom. The number of nitrogens with zero attached hydrogens (tertiary/aromatic N) is 1. The summed E-state index contributed by atoms with van der Waals surface area (Å²) in [7, 11) is 0. The molecular formula is C13H12N2O3. The first-order valence-electron chi connectivity index (χ1n) is 5.50. The number of aromatic amines is 1. The monoisotopic (exact) mass is 244 g/mol. The Bertz CT molecular complexity index is 670. The lowest BCUT2D eigenvalue weighted by Gasteiger charge is -2.12. The summed E-state index contributed by atoms with van der Waals surface area (Å²) in [4.78, 5) is 36.8. The van der Waals surface area contributed by atoms with Crippen molar-refractivity contribution in [2.75, 3.05) is 0 Å². The molecule has 0 fully saturated rings. The highest BCUT2D eigenvalue weighted by atomic mass is 16.2. The van der Waals surface area contributed by atoms with Gasteiger partial charge in [-0.1, -0.05) is 30.3 Å². The zero-order chi connectivity index (χ0) is 13.1. The van der Waals surface area contributed by atoms with Gasteiger partial charge in [-0.25, -0.2) is 4.79 Å². The Kier molecular flexibility index (Phi) is 3.23. The summed E-state index contributed by atoms with van der Waals surface area (Å²) >= 11 is 0. The van der Waals surface area contributed by atoms with Gasteiger partial charge in [0.15, 0.2) is 5.78 Å². The Balaban J connectivity index is 2.38. The van der Waals surface area contributed by atoms with Crippen molar-refractivity contribution in [3.63, 3.8) is 0 Å². The first kappa shape index (κ1) is 12.0. The number of aromatic nitrogens is 2. The number of hydrogen-bond acceptors (Lipinski definition) is 3. The Hall–Kier alpha value is -2.43. The van der Waals surface area contributed by atoms with Gasteiger partial charge in [0.05, 0.1) is 6.04 Å². The number of carbonyl (C=O) groups excluding carboxylic acids is 1. The lowest BCUT2D eigenvalue weighted by molar-refractivity contribution is 0.0932. The third kappa shape index (κ3) is 2.29. The van der Waals surface area contributed by atoms with Crippen molar-refractivity contribution in [1.82, 2.24) is 9.55 Å². The third-order valence-corrected chi connectivity index (χ3v) is 2.71. The van der Waals surface area contributed by atoms with Crippen LogP contribution in [0.25, 0.3) is 0 Å². The minimum Gasteiger partial charge on any atom is -0.292 e. The van der Waals surface area contributed by atoms with Crippen molar-refractivity contribution in [1.29, 1.82) is 0 Å². The number of Topliss-reactive ketones (excluding diaryl/α,β-unsaturated/α-hetero) is 1. The third-order valence-electron chi connectivity index (χ3n) is 2.71. The van der Waals surface area contributed by atoms with Gasteiger partial charge in [-0.05, 0) is 6.92 Å². The smallest absolute Gasteiger partial charge is 0.292 e. The molecule has 0 radical (unpaired) electrons. The van der Waals surface area contributed by atoms with Crippen LogP contribution in [0.1, 0.15) is 23.3 Å². The number of ketones is 1. The van der Waals surface area contributed by atoms with E-state index < -0.39 is 17.3 Å². The van der Waals surface area contributed by atoms with Crippen LogP contribution in [0.3, 0.4) is 0 Å². The zero-order valence-electron chi connectivity index (χ0n) is 9.79. The highest BCUT2D eigenvalue weighted by Crippen LogP contribution is 2.11. The maximum Gasteiger partial charge on any atom is 0.328 e. The van der Waals surface area contributed by atoms with E-state index >= 15 is 0 Å². The number of hydrogen-bond donors (Lipinski definition) is 1. The molecule has 1 aromatic heterocycles. The predicted octanol–water partition coefficient (Wildman–Crippen LogP) is 0.980. The molecule has 1 aromatic carbocycles. The maximum atomic E-state index is 12.1. The highest BCUT2D eigenvalue weighted by molar-refractivity contribution is 5.98. The molecule has 0 saturated heterocycles. The Labute approximate surface area is 103 Å². The summed E-state index contributed by atoms with van der Waals surface area (Å²) in [5, 5.41) is 0. The van der Waals surface area contributed by atoms with Crippen LogP contribution in [0.15, 0.2) is 52.2 Å². The largest absolute Gasteiger partial charge is 0.328 e. The van der Waals surface area contributed by atoms with Crippen LogP contribution in [0.2, 0.25) is 0 Å². The normalized spacial score (nSPS) is 12.1. The van der Waals surface area contributed by atoms with Crippen LogP contribution in [-0.4, -0.2) is 15.3 Å². The molecule has 18 heavy (non-hydrogen) atoms. The molecule has 0 spiro atoms. The van der Waals surface area contributed by atoms with Crippen LogP contribution >= 0.6 is 0 Å². The second kappa shape index (κ2) is 4.83. The molecular weight excluding hydrogens is 232 g/mol. The summed E-state index contributed by atoms with van der Waals surface area (Å²) < 4.78 is 1.21. The number of carbonyl (C=O) groups is 1. The molecule has 1 atom stereocenters. The zero-order valence-corrected chi connectivity index (χ0v) is 9.79. The number of H-pyrrole nitrogens is 1. The van der Waals surface area contributed by atoms with Gasteiger partial charge in [0.2, 0.25) is 0 Å². The van der Waals surface area contributed by atoms with E-state index in [9.17, 15) is 14.4 Å². The minimum atomic E-state index is -0.656. The van der Waals surface area contributed by atoms with E-state index in [0.717, 1.165) is 0 Å². The van der Waals surface area contributed by atoms with Gasteiger partial charge in [-0.15, -0.1) is 0 Å². The van der Waals surface area contributed by atoms with Gasteiger partial charge in [0.1, 0.15) is 0 Å². The molecule has 1 N–H and O–H groups in total. The second-order valence-electron chi connectivity index (χ2n) is 3.92. The van der Waals surface area contributed by atoms with Gasteiger partial charge >= 0.3 is 5.69 Å². The summed E-state index contributed by atoms with van der Waals surface area (Å²) in [6.07, 6.45) is 1.33. The lowest BCUT2D eigenvalue weighted by atomic mass is 10.1. The summed E-state index contributed by atoms with van der Waals surface area (Å²) in [6.45, 7) is 1.62. The average Bonchev–Trinajstić information content (AvgIpc) is 2.38. The molecule has 2 aromatic rings. The topological polar surface area (TPSA) is 71.9 Å². The van der Waals surface area contributed by atoms with E-state index in [1.54, 1.807) is 31.2 Å². The van der Waals surface area contributed by atoms with Gasteiger partial charge in [-0.2, -0.15) is 0 Å². The van der Waals surface area contributed by atoms with Crippen molar-refractivity contribution in [2.45, 2.75) is 13.0 Å². The van der Waals surface area contributed by atoms with E-state index in [1.165, 1.54) is 16.8 Å². The summed E-state index contributed by atoms with van der Waals surface area (Å²) in [6, 6.07) is 9.27. The molecule has 92 valence electrons. The fraction of sp³-hybridized carbons (Fsp3) is 0.154. The molecule has 0 saturated carbocycles. The molecule has 0 amide bonds. The predicted molar refractivity (Wildman–Crippen MR) is 66.8 cm³/mol. The van der Waals surface area contributed by atoms with E-state index in [2.05, 4.69) is 4.98 Å². The van der Waals surface area contributed by atoms with E-state index in [1.807, 2.05) is 6.07 Å². The first-order chi connectivity index (χ1) is 8.59. The fourth-order valence-electron chi connectivity index (χ4n) is 1.70. The van der Waals surface area contributed by atoms with Gasteiger partial charge in [0.25, 0.3) is 5.56 Å². The van der Waals surface area contributed by atoms with Crippen molar-refractivity contribution in [3.8, 4) is 0 Å². The SMILES string of the molecule is CC(C(=O)c1ccccc1)n1ccc(=O)[nH]c1=O. The lowest BCUT2D eigenvalue weighted by Crippen LogP contribution is -2.33. The van der Waals surface area contributed by atoms with E-state index in [0.29, 0.717) is 5.56 Å². The molecule has 0 aliphatic heterocycles. The molecule has 0 aliphatic rings. The average molecular weight is 244 g/mol. The molecule has 5 nitrogen and oxygen atoms in total. The van der Waals surface area contributed by atoms with Crippen molar-refractivity contribution in [2.24, 2.45) is 0 Å². The van der Waals surface area contributed by atoms with Gasteiger partial charge < -0.3 is 0 Å². The Morgan fingerprint density at radius 3 is 2.44 bits per heavy atom. The van der Waals surface area contributed by atoms with Crippen molar-refractivity contribution in [3.05, 3.63) is 69.0 Å². The van der Waals surface area contributed by atoms with Crippen LogP contribution in [0.4, 0.5) is 0 Å². The fourth-order valence-corrected chi connectivity index (χ4v) is 1.70. The van der Waals surface area contributed by atoms with E-state index in [-0.39, 0.29) is 5.78 Å². The van der Waals surface area contributed by atoms with E-state index in [4.69, 9.17) is 0 Å². The van der Waals surface area contributed by atoms with Gasteiger partial charge in [0, 0.05) is 17.8 Å². The number of benzene rings is 1. The van der Waals surface area contributed by atoms with Crippen molar-refractivity contribution < 1.29 is 4.79 Å². The van der Waals surface area contributed by atoms with Crippen LogP contribution in [-0.2, 0) is 0 Å². The minimum absolute atomic E-state index is 0.176. The molecule has 2 rings (SSSR count). The number of rotatable bonds is 3. The molecule has 0 bridgehead atoms. The van der Waals surface area contributed by atoms with Gasteiger partial charge in [-0.3, -0.25) is 19.1 Å². The van der Waals surface area contributed by atoms with Crippen molar-refractivity contribution >= 4 is 5.78 Å². The molecule has 1 unspecified atom stereocenters. The quantitative estimate of drug-likeness (QED) is 0.818. The molecule has 1 heterocycles.